The van der Waals surface area contributed by atoms with E-state index in [0.717, 1.165) is 15.6 Å². The molecule has 1 amide bonds. The van der Waals surface area contributed by atoms with Gasteiger partial charge in [-0.15, -0.1) is 0 Å². The predicted octanol–water partition coefficient (Wildman–Crippen LogP) is 2.75. The number of thiazole rings is 1. The molecule has 0 aliphatic heterocycles. The molecule has 1 aromatic carbocycles. The molecule has 2 aromatic rings. The lowest BCUT2D eigenvalue weighted by atomic mass is 10.2. The summed E-state index contributed by atoms with van der Waals surface area (Å²) in [4.78, 5) is 16.9. The van der Waals surface area contributed by atoms with Gasteiger partial charge in [0.1, 0.15) is 0 Å². The second-order valence-electron chi connectivity index (χ2n) is 4.47. The van der Waals surface area contributed by atoms with Crippen molar-refractivity contribution in [2.45, 2.75) is 19.9 Å². The topological polar surface area (TPSA) is 54.0 Å². The second-order valence-corrected chi connectivity index (χ2v) is 5.50. The summed E-state index contributed by atoms with van der Waals surface area (Å²) in [7, 11) is 0. The number of nitrogens with zero attached hydrogens (tertiary/aromatic N) is 1. The molecular weight excluding hydrogens is 258 g/mol. The lowest BCUT2D eigenvalue weighted by molar-refractivity contribution is -0.119. The summed E-state index contributed by atoms with van der Waals surface area (Å²) in [5, 5.41) is 6.62. The van der Waals surface area contributed by atoms with Crippen molar-refractivity contribution in [2.24, 2.45) is 0 Å². The zero-order valence-electron chi connectivity index (χ0n) is 11.0. The maximum atomic E-state index is 11.5. The second kappa shape index (κ2) is 6.33. The highest BCUT2D eigenvalue weighted by atomic mass is 32.1. The van der Waals surface area contributed by atoms with Gasteiger partial charge in [0, 0.05) is 12.2 Å². The highest BCUT2D eigenvalue weighted by Gasteiger charge is 2.06. The molecule has 2 N–H and O–H groups in total. The van der Waals surface area contributed by atoms with Gasteiger partial charge in [0.05, 0.1) is 11.4 Å². The number of amides is 1. The largest absolute Gasteiger partial charge is 0.352 e. The van der Waals surface area contributed by atoms with Gasteiger partial charge in [0.2, 0.25) is 5.91 Å². The van der Waals surface area contributed by atoms with Crippen molar-refractivity contribution in [3.8, 4) is 10.4 Å². The molecule has 0 aliphatic carbocycles. The van der Waals surface area contributed by atoms with Gasteiger partial charge >= 0.3 is 0 Å². The third kappa shape index (κ3) is 4.06. The third-order valence-electron chi connectivity index (χ3n) is 2.41. The minimum Gasteiger partial charge on any atom is -0.352 e. The van der Waals surface area contributed by atoms with Crippen LogP contribution in [0.4, 0.5) is 5.13 Å². The molecule has 0 spiro atoms. The molecule has 4 nitrogen and oxygen atoms in total. The van der Waals surface area contributed by atoms with E-state index < -0.39 is 0 Å². The number of carbonyl (C=O) groups excluding carboxylic acids is 1. The molecule has 19 heavy (non-hydrogen) atoms. The minimum atomic E-state index is -0.0218. The maximum Gasteiger partial charge on any atom is 0.239 e. The molecule has 0 saturated heterocycles. The van der Waals surface area contributed by atoms with Crippen LogP contribution in [0.5, 0.6) is 0 Å². The van der Waals surface area contributed by atoms with Crippen LogP contribution in [0.25, 0.3) is 10.4 Å². The molecule has 2 rings (SSSR count). The first-order valence-corrected chi connectivity index (χ1v) is 7.01. The first kappa shape index (κ1) is 13.5. The summed E-state index contributed by atoms with van der Waals surface area (Å²) in [5.41, 5.74) is 1.14. The zero-order valence-corrected chi connectivity index (χ0v) is 11.8. The Kier molecular flexibility index (Phi) is 4.52. The molecule has 5 heteroatoms. The van der Waals surface area contributed by atoms with Crippen LogP contribution < -0.4 is 10.6 Å². The molecule has 0 fully saturated rings. The average molecular weight is 275 g/mol. The van der Waals surface area contributed by atoms with E-state index in [1.54, 1.807) is 11.3 Å². The average Bonchev–Trinajstić information content (AvgIpc) is 2.85. The van der Waals surface area contributed by atoms with E-state index in [9.17, 15) is 4.79 Å². The third-order valence-corrected chi connectivity index (χ3v) is 3.42. The molecule has 0 aliphatic rings. The molecule has 0 radical (unpaired) electrons. The monoisotopic (exact) mass is 275 g/mol. The van der Waals surface area contributed by atoms with Crippen LogP contribution in [0.2, 0.25) is 0 Å². The lowest BCUT2D eigenvalue weighted by Gasteiger charge is -2.08. The van der Waals surface area contributed by atoms with Crippen LogP contribution in [0, 0.1) is 0 Å². The van der Waals surface area contributed by atoms with Gasteiger partial charge < -0.3 is 10.6 Å². The Balaban J connectivity index is 1.93. The normalized spacial score (nSPS) is 10.5. The molecule has 1 heterocycles. The van der Waals surface area contributed by atoms with Gasteiger partial charge in [0.15, 0.2) is 5.13 Å². The van der Waals surface area contributed by atoms with Gasteiger partial charge in [-0.2, -0.15) is 0 Å². The first-order valence-electron chi connectivity index (χ1n) is 6.19. The van der Waals surface area contributed by atoms with Crippen molar-refractivity contribution in [1.82, 2.24) is 10.3 Å². The van der Waals surface area contributed by atoms with Crippen LogP contribution in [-0.4, -0.2) is 23.5 Å². The Bertz CT molecular complexity index is 537. The van der Waals surface area contributed by atoms with Crippen molar-refractivity contribution in [3.63, 3.8) is 0 Å². The fourth-order valence-electron chi connectivity index (χ4n) is 1.62. The van der Waals surface area contributed by atoms with E-state index in [2.05, 4.69) is 15.6 Å². The van der Waals surface area contributed by atoms with Gasteiger partial charge in [-0.05, 0) is 19.4 Å². The summed E-state index contributed by atoms with van der Waals surface area (Å²) in [6.07, 6.45) is 1.82. The summed E-state index contributed by atoms with van der Waals surface area (Å²) in [6.45, 7) is 4.13. The van der Waals surface area contributed by atoms with Crippen LogP contribution >= 0.6 is 11.3 Å². The lowest BCUT2D eigenvalue weighted by Crippen LogP contribution is -2.34. The minimum absolute atomic E-state index is 0.0218. The molecule has 100 valence electrons. The molecule has 0 saturated carbocycles. The van der Waals surface area contributed by atoms with Gasteiger partial charge in [0.25, 0.3) is 0 Å². The van der Waals surface area contributed by atoms with E-state index in [-0.39, 0.29) is 18.5 Å². The van der Waals surface area contributed by atoms with E-state index >= 15 is 0 Å². The highest BCUT2D eigenvalue weighted by Crippen LogP contribution is 2.28. The zero-order chi connectivity index (χ0) is 13.7. The number of benzene rings is 1. The Morgan fingerprint density at radius 3 is 2.74 bits per heavy atom. The predicted molar refractivity (Wildman–Crippen MR) is 79.3 cm³/mol. The SMILES string of the molecule is CC(C)NC(=O)CNc1ncc(-c2ccccc2)s1. The molecule has 0 atom stereocenters. The number of aromatic nitrogens is 1. The fraction of sp³-hybridized carbons (Fsp3) is 0.286. The highest BCUT2D eigenvalue weighted by molar-refractivity contribution is 7.18. The van der Waals surface area contributed by atoms with Crippen LogP contribution in [-0.2, 0) is 4.79 Å². The van der Waals surface area contributed by atoms with Crippen molar-refractivity contribution >= 4 is 22.4 Å². The Morgan fingerprint density at radius 2 is 2.05 bits per heavy atom. The molecule has 1 aromatic heterocycles. The summed E-state index contributed by atoms with van der Waals surface area (Å²) >= 11 is 1.54. The van der Waals surface area contributed by atoms with Crippen LogP contribution in [0.3, 0.4) is 0 Å². The van der Waals surface area contributed by atoms with Crippen LogP contribution in [0.1, 0.15) is 13.8 Å². The van der Waals surface area contributed by atoms with E-state index in [4.69, 9.17) is 0 Å². The summed E-state index contributed by atoms with van der Waals surface area (Å²) < 4.78 is 0. The number of anilines is 1. The molecule has 0 unspecified atom stereocenters. The van der Waals surface area contributed by atoms with Crippen molar-refractivity contribution in [3.05, 3.63) is 36.5 Å². The van der Waals surface area contributed by atoms with Crippen molar-refractivity contribution in [2.75, 3.05) is 11.9 Å². The Hall–Kier alpha value is -1.88. The Labute approximate surface area is 116 Å². The first-order chi connectivity index (χ1) is 9.15. The number of hydrogen-bond donors (Lipinski definition) is 2. The maximum absolute atomic E-state index is 11.5. The number of carbonyl (C=O) groups is 1. The van der Waals surface area contributed by atoms with E-state index in [0.29, 0.717) is 0 Å². The van der Waals surface area contributed by atoms with Crippen molar-refractivity contribution in [1.29, 1.82) is 0 Å². The number of hydrogen-bond acceptors (Lipinski definition) is 4. The van der Waals surface area contributed by atoms with Crippen molar-refractivity contribution < 1.29 is 4.79 Å². The quantitative estimate of drug-likeness (QED) is 0.882. The van der Waals surface area contributed by atoms with Crippen LogP contribution in [0.15, 0.2) is 36.5 Å². The summed E-state index contributed by atoms with van der Waals surface area (Å²) in [5.74, 6) is -0.0218. The van der Waals surface area contributed by atoms with Gasteiger partial charge in [-0.25, -0.2) is 4.98 Å². The molecular formula is C14H17N3OS. The smallest absolute Gasteiger partial charge is 0.239 e. The number of nitrogens with one attached hydrogen (secondary N) is 2. The number of rotatable bonds is 5. The molecule has 0 bridgehead atoms. The van der Waals surface area contributed by atoms with E-state index in [1.807, 2.05) is 50.4 Å². The van der Waals surface area contributed by atoms with Gasteiger partial charge in [-0.1, -0.05) is 41.7 Å². The van der Waals surface area contributed by atoms with Gasteiger partial charge in [-0.3, -0.25) is 4.79 Å². The van der Waals surface area contributed by atoms with E-state index in [1.165, 1.54) is 0 Å². The Morgan fingerprint density at radius 1 is 1.32 bits per heavy atom. The standard InChI is InChI=1S/C14H17N3OS/c1-10(2)17-13(18)9-16-14-15-8-12(19-14)11-6-4-3-5-7-11/h3-8,10H,9H2,1-2H3,(H,15,16)(H,17,18). The summed E-state index contributed by atoms with van der Waals surface area (Å²) in [6, 6.07) is 10.2. The fourth-order valence-corrected chi connectivity index (χ4v) is 2.44.